The first kappa shape index (κ1) is 20.3. The van der Waals surface area contributed by atoms with E-state index in [0.29, 0.717) is 15.9 Å². The van der Waals surface area contributed by atoms with Crippen LogP contribution in [0.5, 0.6) is 0 Å². The Morgan fingerprint density at radius 3 is 2.40 bits per heavy atom. The van der Waals surface area contributed by atoms with Crippen molar-refractivity contribution in [2.75, 3.05) is 0 Å². The van der Waals surface area contributed by atoms with Crippen LogP contribution in [0.1, 0.15) is 15.9 Å². The molecule has 0 spiro atoms. The highest BCUT2D eigenvalue weighted by molar-refractivity contribution is 6.31. The lowest BCUT2D eigenvalue weighted by molar-refractivity contribution is -0.137. The number of pyridine rings is 1. The second-order valence-corrected chi connectivity index (χ2v) is 7.22. The Labute approximate surface area is 177 Å². The Balaban J connectivity index is 1.81. The summed E-state index contributed by atoms with van der Waals surface area (Å²) in [7, 11) is 0. The second kappa shape index (κ2) is 7.34. The summed E-state index contributed by atoms with van der Waals surface area (Å²) in [6.07, 6.45) is -4.61. The van der Waals surface area contributed by atoms with Gasteiger partial charge in [0.25, 0.3) is 0 Å². The Morgan fingerprint density at radius 1 is 0.967 bits per heavy atom. The Kier molecular flexibility index (Phi) is 4.95. The molecule has 0 aliphatic carbocycles. The molecule has 2 heterocycles. The summed E-state index contributed by atoms with van der Waals surface area (Å²) in [5.74, 6) is -0.819. The molecule has 0 saturated carbocycles. The van der Waals surface area contributed by atoms with Gasteiger partial charge in [-0.3, -0.25) is 0 Å². The summed E-state index contributed by atoms with van der Waals surface area (Å²) in [5.41, 5.74) is -0.227. The number of rotatable bonds is 3. The van der Waals surface area contributed by atoms with Gasteiger partial charge in [0.2, 0.25) is 0 Å². The summed E-state index contributed by atoms with van der Waals surface area (Å²) in [6.45, 7) is 0. The van der Waals surface area contributed by atoms with Crippen LogP contribution in [0.15, 0.2) is 59.0 Å². The predicted octanol–water partition coefficient (Wildman–Crippen LogP) is 7.19. The molecule has 0 aliphatic heterocycles. The molecule has 0 aliphatic rings. The van der Waals surface area contributed by atoms with E-state index in [1.807, 2.05) is 0 Å². The van der Waals surface area contributed by atoms with Gasteiger partial charge >= 0.3 is 12.1 Å². The van der Waals surface area contributed by atoms with Gasteiger partial charge in [-0.05, 0) is 54.6 Å². The number of alkyl halides is 3. The van der Waals surface area contributed by atoms with Gasteiger partial charge in [-0.2, -0.15) is 13.2 Å². The fourth-order valence-corrected chi connectivity index (χ4v) is 3.42. The van der Waals surface area contributed by atoms with Gasteiger partial charge in [0.1, 0.15) is 11.5 Å². The molecule has 152 valence electrons. The predicted molar refractivity (Wildman–Crippen MR) is 107 cm³/mol. The molecule has 0 unspecified atom stereocenters. The van der Waals surface area contributed by atoms with Crippen molar-refractivity contribution in [3.63, 3.8) is 0 Å². The van der Waals surface area contributed by atoms with E-state index in [2.05, 4.69) is 4.98 Å². The molecule has 0 saturated heterocycles. The third-order valence-corrected chi connectivity index (χ3v) is 4.98. The summed E-state index contributed by atoms with van der Waals surface area (Å²) < 4.78 is 45.0. The van der Waals surface area contributed by atoms with Crippen molar-refractivity contribution < 1.29 is 27.5 Å². The Hall–Kier alpha value is -3.03. The Morgan fingerprint density at radius 2 is 1.70 bits per heavy atom. The number of benzene rings is 2. The number of aromatic nitrogens is 1. The lowest BCUT2D eigenvalue weighted by atomic mass is 10.1. The average Bonchev–Trinajstić information content (AvgIpc) is 3.16. The maximum Gasteiger partial charge on any atom is 0.417 e. The number of carboxylic acids is 1. The third-order valence-electron chi connectivity index (χ3n) is 4.42. The highest BCUT2D eigenvalue weighted by atomic mass is 35.5. The van der Waals surface area contributed by atoms with E-state index in [9.17, 15) is 23.1 Å². The van der Waals surface area contributed by atoms with E-state index < -0.39 is 22.7 Å². The summed E-state index contributed by atoms with van der Waals surface area (Å²) in [5, 5.41) is 9.85. The molecule has 0 radical (unpaired) electrons. The largest absolute Gasteiger partial charge is 0.478 e. The van der Waals surface area contributed by atoms with Gasteiger partial charge < -0.3 is 9.52 Å². The monoisotopic (exact) mass is 451 g/mol. The van der Waals surface area contributed by atoms with Crippen LogP contribution >= 0.6 is 23.2 Å². The molecule has 9 heteroatoms. The summed E-state index contributed by atoms with van der Waals surface area (Å²) in [6, 6.07) is 12.4. The third kappa shape index (κ3) is 3.74. The van der Waals surface area contributed by atoms with Gasteiger partial charge in [-0.15, -0.1) is 0 Å². The van der Waals surface area contributed by atoms with Crippen molar-refractivity contribution in [2.45, 2.75) is 6.18 Å². The van der Waals surface area contributed by atoms with Gasteiger partial charge in [0, 0.05) is 16.0 Å². The molecule has 2 aromatic heterocycles. The quantitative estimate of drug-likeness (QED) is 0.358. The topological polar surface area (TPSA) is 63.3 Å². The lowest BCUT2D eigenvalue weighted by Gasteiger charge is -2.10. The second-order valence-electron chi connectivity index (χ2n) is 6.38. The molecule has 2 aromatic carbocycles. The highest BCUT2D eigenvalue weighted by Crippen LogP contribution is 2.38. The Bertz CT molecular complexity index is 1300. The normalized spacial score (nSPS) is 11.8. The van der Waals surface area contributed by atoms with Crippen LogP contribution < -0.4 is 0 Å². The van der Waals surface area contributed by atoms with E-state index in [1.165, 1.54) is 30.3 Å². The van der Waals surface area contributed by atoms with Crippen LogP contribution in [-0.4, -0.2) is 16.1 Å². The van der Waals surface area contributed by atoms with Crippen LogP contribution in [0.25, 0.3) is 33.7 Å². The average molecular weight is 452 g/mol. The van der Waals surface area contributed by atoms with Gasteiger partial charge in [-0.1, -0.05) is 23.2 Å². The van der Waals surface area contributed by atoms with Crippen LogP contribution in [0.4, 0.5) is 13.2 Å². The van der Waals surface area contributed by atoms with Crippen molar-refractivity contribution in [2.24, 2.45) is 0 Å². The number of hydrogen-bond donors (Lipinski definition) is 1. The van der Waals surface area contributed by atoms with Gasteiger partial charge in [0.15, 0.2) is 5.76 Å². The fraction of sp³-hybridized carbons (Fsp3) is 0.0476. The minimum absolute atomic E-state index is 0.0266. The summed E-state index contributed by atoms with van der Waals surface area (Å²) in [4.78, 5) is 16.1. The molecule has 30 heavy (non-hydrogen) atoms. The molecule has 4 nitrogen and oxygen atoms in total. The van der Waals surface area contributed by atoms with Gasteiger partial charge in [-0.25, -0.2) is 9.78 Å². The van der Waals surface area contributed by atoms with Crippen LogP contribution in [0, 0.1) is 0 Å². The number of aromatic carboxylic acids is 1. The van der Waals surface area contributed by atoms with E-state index in [0.717, 1.165) is 12.1 Å². The smallest absolute Gasteiger partial charge is 0.417 e. The number of fused-ring (bicyclic) bond motifs is 1. The lowest BCUT2D eigenvalue weighted by Crippen LogP contribution is -2.05. The molecule has 0 atom stereocenters. The zero-order valence-corrected chi connectivity index (χ0v) is 16.3. The van der Waals surface area contributed by atoms with E-state index in [-0.39, 0.29) is 28.3 Å². The minimum Gasteiger partial charge on any atom is -0.478 e. The molecular formula is C21H10Cl2F3NO3. The standard InChI is InChI=1S/C21H10Cl2F3NO3/c22-11-2-4-16-12(8-11)13(20(28)29)9-17(27-16)19-6-5-18(30-19)10-1-3-15(23)14(7-10)21(24,25)26/h1-9H,(H,28,29). The SMILES string of the molecule is O=C(O)c1cc(-c2ccc(-c3ccc(Cl)c(C(F)(F)F)c3)o2)nc2ccc(Cl)cc12. The van der Waals surface area contributed by atoms with Crippen LogP contribution in [0.2, 0.25) is 10.0 Å². The number of halogens is 5. The van der Waals surface area contributed by atoms with Crippen molar-refractivity contribution in [1.82, 2.24) is 4.98 Å². The molecule has 0 amide bonds. The van der Waals surface area contributed by atoms with Crippen molar-refractivity contribution in [3.8, 4) is 22.8 Å². The first-order valence-corrected chi connectivity index (χ1v) is 9.20. The maximum atomic E-state index is 13.1. The first-order valence-electron chi connectivity index (χ1n) is 8.44. The van der Waals surface area contributed by atoms with Gasteiger partial charge in [0.05, 0.1) is 21.7 Å². The zero-order valence-electron chi connectivity index (χ0n) is 14.8. The molecular weight excluding hydrogens is 442 g/mol. The first-order chi connectivity index (χ1) is 14.1. The number of nitrogens with zero attached hydrogens (tertiary/aromatic N) is 1. The number of furan rings is 1. The molecule has 4 aromatic rings. The van der Waals surface area contributed by atoms with Crippen molar-refractivity contribution >= 4 is 40.1 Å². The number of hydrogen-bond acceptors (Lipinski definition) is 3. The number of carbonyl (C=O) groups is 1. The summed E-state index contributed by atoms with van der Waals surface area (Å²) >= 11 is 11.6. The maximum absolute atomic E-state index is 13.1. The van der Waals surface area contributed by atoms with E-state index in [4.69, 9.17) is 27.6 Å². The van der Waals surface area contributed by atoms with Crippen LogP contribution in [0.3, 0.4) is 0 Å². The van der Waals surface area contributed by atoms with Crippen molar-refractivity contribution in [3.05, 3.63) is 75.8 Å². The van der Waals surface area contributed by atoms with Crippen LogP contribution in [-0.2, 0) is 6.18 Å². The minimum atomic E-state index is -4.61. The number of carboxylic acid groups (broad SMARTS) is 1. The van der Waals surface area contributed by atoms with E-state index >= 15 is 0 Å². The highest BCUT2D eigenvalue weighted by Gasteiger charge is 2.33. The molecule has 4 rings (SSSR count). The molecule has 1 N–H and O–H groups in total. The van der Waals surface area contributed by atoms with E-state index in [1.54, 1.807) is 12.1 Å². The molecule has 0 bridgehead atoms. The molecule has 0 fully saturated rings. The zero-order chi connectivity index (χ0) is 21.6. The fourth-order valence-electron chi connectivity index (χ4n) is 3.03. The van der Waals surface area contributed by atoms with Crippen molar-refractivity contribution in [1.29, 1.82) is 0 Å².